The Morgan fingerprint density at radius 2 is 1.97 bits per heavy atom. The van der Waals surface area contributed by atoms with Crippen molar-refractivity contribution < 1.29 is 23.5 Å². The third-order valence-electron chi connectivity index (χ3n) is 6.81. The quantitative estimate of drug-likeness (QED) is 0.626. The van der Waals surface area contributed by atoms with Crippen LogP contribution in [0.5, 0.6) is 0 Å². The zero-order valence-electron chi connectivity index (χ0n) is 18.3. The topological polar surface area (TPSA) is 101 Å². The summed E-state index contributed by atoms with van der Waals surface area (Å²) in [6.45, 7) is 0.121. The number of carbonyl (C=O) groups excluding carboxylic acids is 3. The Kier molecular flexibility index (Phi) is 6.63. The van der Waals surface area contributed by atoms with Gasteiger partial charge >= 0.3 is 0 Å². The molecule has 2 saturated heterocycles. The van der Waals surface area contributed by atoms with E-state index in [1.165, 1.54) is 29.7 Å². The minimum Gasteiger partial charge on any atom is -0.366 e. The van der Waals surface area contributed by atoms with Crippen molar-refractivity contribution in [3.05, 3.63) is 35.5 Å². The van der Waals surface area contributed by atoms with E-state index in [2.05, 4.69) is 15.3 Å². The number of Topliss-reactive ketones (excluding diaryl/α,β-unsaturated/α-hetero) is 1. The van der Waals surface area contributed by atoms with Gasteiger partial charge in [0.2, 0.25) is 5.91 Å². The summed E-state index contributed by atoms with van der Waals surface area (Å²) < 4.78 is 20.1. The van der Waals surface area contributed by atoms with Crippen LogP contribution in [0, 0.1) is 11.7 Å². The van der Waals surface area contributed by atoms with Crippen molar-refractivity contribution in [3.8, 4) is 10.4 Å². The number of aromatic nitrogens is 2. The van der Waals surface area contributed by atoms with Crippen molar-refractivity contribution in [2.24, 2.45) is 5.92 Å². The summed E-state index contributed by atoms with van der Waals surface area (Å²) in [5.41, 5.74) is 0.472. The Balaban J connectivity index is 1.39. The highest BCUT2D eigenvalue weighted by atomic mass is 35.5. The first kappa shape index (κ1) is 23.3. The van der Waals surface area contributed by atoms with E-state index < -0.39 is 35.3 Å². The molecule has 4 atom stereocenters. The second-order valence-electron chi connectivity index (χ2n) is 8.96. The number of rotatable bonds is 5. The number of thiophene rings is 1. The summed E-state index contributed by atoms with van der Waals surface area (Å²) >= 11 is 7.36. The van der Waals surface area contributed by atoms with Crippen LogP contribution in [0.25, 0.3) is 10.4 Å². The van der Waals surface area contributed by atoms with Gasteiger partial charge in [0, 0.05) is 24.5 Å². The molecule has 0 radical (unpaired) electrons. The maximum Gasteiger partial charge on any atom is 0.262 e. The monoisotopic (exact) mass is 506 g/mol. The Morgan fingerprint density at radius 1 is 1.24 bits per heavy atom. The Hall–Kier alpha value is -2.43. The highest BCUT2D eigenvalue weighted by Crippen LogP contribution is 2.35. The molecule has 3 aliphatic rings. The largest absolute Gasteiger partial charge is 0.366 e. The van der Waals surface area contributed by atoms with Crippen LogP contribution >= 0.6 is 22.9 Å². The fourth-order valence-corrected chi connectivity index (χ4v) is 6.43. The molecule has 5 rings (SSSR count). The lowest BCUT2D eigenvalue weighted by Crippen LogP contribution is -2.55. The number of alkyl halides is 1. The average molecular weight is 507 g/mol. The molecule has 34 heavy (non-hydrogen) atoms. The maximum atomic E-state index is 14.6. The van der Waals surface area contributed by atoms with E-state index in [1.54, 1.807) is 0 Å². The fraction of sp³-hybridized carbons (Fsp3) is 0.522. The second-order valence-corrected chi connectivity index (χ2v) is 10.6. The third kappa shape index (κ3) is 4.34. The highest BCUT2D eigenvalue weighted by Gasteiger charge is 2.53. The molecule has 1 aliphatic carbocycles. The lowest BCUT2D eigenvalue weighted by atomic mass is 9.83. The van der Waals surface area contributed by atoms with Gasteiger partial charge in [-0.05, 0) is 24.8 Å². The smallest absolute Gasteiger partial charge is 0.262 e. The van der Waals surface area contributed by atoms with Crippen molar-refractivity contribution in [2.45, 2.75) is 55.7 Å². The summed E-state index contributed by atoms with van der Waals surface area (Å²) in [5, 5.41) is 2.39. The number of ketones is 1. The van der Waals surface area contributed by atoms with Gasteiger partial charge in [0.05, 0.1) is 15.1 Å². The van der Waals surface area contributed by atoms with E-state index in [-0.39, 0.29) is 40.5 Å². The SMILES string of the molecule is O=C(N[C@H](C(=O)N1C[C@H](Cl)[C@H]2OCC(=O)[C@H]21)C1CCCCC1)c1cc(F)c(-c2cncnc2)s1. The number of fused-ring (bicyclic) bond motifs is 1. The summed E-state index contributed by atoms with van der Waals surface area (Å²) in [7, 11) is 0. The summed E-state index contributed by atoms with van der Waals surface area (Å²) in [4.78, 5) is 49.0. The second kappa shape index (κ2) is 9.67. The molecule has 2 aromatic rings. The van der Waals surface area contributed by atoms with Gasteiger partial charge in [-0.15, -0.1) is 22.9 Å². The van der Waals surface area contributed by atoms with E-state index in [4.69, 9.17) is 16.3 Å². The van der Waals surface area contributed by atoms with E-state index in [0.29, 0.717) is 5.56 Å². The average Bonchev–Trinajstić information content (AvgIpc) is 3.53. The molecule has 2 aromatic heterocycles. The molecule has 0 spiro atoms. The number of halogens is 2. The van der Waals surface area contributed by atoms with Crippen LogP contribution in [0.3, 0.4) is 0 Å². The molecule has 3 fully saturated rings. The van der Waals surface area contributed by atoms with Crippen LogP contribution in [0.2, 0.25) is 0 Å². The van der Waals surface area contributed by atoms with Gasteiger partial charge in [0.1, 0.15) is 36.9 Å². The number of nitrogens with zero attached hydrogens (tertiary/aromatic N) is 3. The molecule has 8 nitrogen and oxygen atoms in total. The number of amides is 2. The summed E-state index contributed by atoms with van der Waals surface area (Å²) in [5.74, 6) is -1.65. The Morgan fingerprint density at radius 3 is 2.71 bits per heavy atom. The number of ether oxygens (including phenoxy) is 1. The summed E-state index contributed by atoms with van der Waals surface area (Å²) in [6.07, 6.45) is 8.35. The molecule has 0 unspecified atom stereocenters. The zero-order valence-corrected chi connectivity index (χ0v) is 19.9. The number of nitrogens with one attached hydrogen (secondary N) is 1. The first-order valence-electron chi connectivity index (χ1n) is 11.4. The van der Waals surface area contributed by atoms with Crippen molar-refractivity contribution in [3.63, 3.8) is 0 Å². The highest BCUT2D eigenvalue weighted by molar-refractivity contribution is 7.17. The number of hydrogen-bond donors (Lipinski definition) is 1. The van der Waals surface area contributed by atoms with E-state index in [9.17, 15) is 18.8 Å². The predicted molar refractivity (Wildman–Crippen MR) is 123 cm³/mol. The molecule has 0 bridgehead atoms. The van der Waals surface area contributed by atoms with E-state index in [1.807, 2.05) is 0 Å². The predicted octanol–water partition coefficient (Wildman–Crippen LogP) is 2.81. The van der Waals surface area contributed by atoms with Crippen LogP contribution < -0.4 is 5.32 Å². The van der Waals surface area contributed by atoms with Crippen molar-refractivity contribution >= 4 is 40.5 Å². The van der Waals surface area contributed by atoms with Crippen LogP contribution in [0.15, 0.2) is 24.8 Å². The van der Waals surface area contributed by atoms with Crippen LogP contribution in [0.1, 0.15) is 41.8 Å². The molecule has 2 amide bonds. The van der Waals surface area contributed by atoms with Gasteiger partial charge in [-0.1, -0.05) is 19.3 Å². The van der Waals surface area contributed by atoms with Gasteiger partial charge in [-0.25, -0.2) is 14.4 Å². The van der Waals surface area contributed by atoms with Crippen molar-refractivity contribution in [2.75, 3.05) is 13.2 Å². The van der Waals surface area contributed by atoms with Crippen molar-refractivity contribution in [1.29, 1.82) is 0 Å². The third-order valence-corrected chi connectivity index (χ3v) is 8.36. The van der Waals surface area contributed by atoms with Crippen molar-refractivity contribution in [1.82, 2.24) is 20.2 Å². The first-order chi connectivity index (χ1) is 16.4. The van der Waals surface area contributed by atoms with Gasteiger partial charge < -0.3 is 15.0 Å². The first-order valence-corrected chi connectivity index (χ1v) is 12.6. The maximum absolute atomic E-state index is 14.6. The number of carbonyl (C=O) groups is 3. The molecule has 11 heteroatoms. The minimum absolute atomic E-state index is 0.0662. The van der Waals surface area contributed by atoms with E-state index >= 15 is 0 Å². The Labute approximate surface area is 204 Å². The number of likely N-dealkylation sites (tertiary alicyclic amines) is 1. The summed E-state index contributed by atoms with van der Waals surface area (Å²) in [6, 6.07) is -0.376. The standard InChI is InChI=1S/C23H24ClFN4O4S/c24-14-9-29(19-16(30)10-33-20(14)19)23(32)18(12-4-2-1-3-5-12)28-22(31)17-6-15(25)21(34-17)13-7-26-11-27-8-13/h6-8,11-12,14,18-20H,1-5,9-10H2,(H,28,31)/t14-,18-,19+,20+/m0/s1. The van der Waals surface area contributed by atoms with Gasteiger partial charge in [-0.2, -0.15) is 0 Å². The fourth-order valence-electron chi connectivity index (χ4n) is 5.16. The minimum atomic E-state index is -0.822. The molecule has 180 valence electrons. The molecular weight excluding hydrogens is 483 g/mol. The number of hydrogen-bond acceptors (Lipinski definition) is 7. The van der Waals surface area contributed by atoms with Crippen LogP contribution in [0.4, 0.5) is 4.39 Å². The normalized spacial score (nSPS) is 25.9. The molecule has 2 aliphatic heterocycles. The van der Waals surface area contributed by atoms with E-state index in [0.717, 1.165) is 43.4 Å². The van der Waals surface area contributed by atoms with Crippen LogP contribution in [-0.4, -0.2) is 69.2 Å². The lowest BCUT2D eigenvalue weighted by Gasteiger charge is -2.34. The van der Waals surface area contributed by atoms with Gasteiger partial charge in [0.25, 0.3) is 5.91 Å². The molecular formula is C23H24ClFN4O4S. The van der Waals surface area contributed by atoms with Gasteiger partial charge in [-0.3, -0.25) is 14.4 Å². The van der Waals surface area contributed by atoms with Gasteiger partial charge in [0.15, 0.2) is 5.78 Å². The Bertz CT molecular complexity index is 1090. The lowest BCUT2D eigenvalue weighted by molar-refractivity contribution is -0.139. The molecule has 1 N–H and O–H groups in total. The molecule has 0 aromatic carbocycles. The molecule has 1 saturated carbocycles. The zero-order chi connectivity index (χ0) is 23.8. The molecule has 4 heterocycles. The van der Waals surface area contributed by atoms with Crippen LogP contribution in [-0.2, 0) is 14.3 Å².